The van der Waals surface area contributed by atoms with Gasteiger partial charge >= 0.3 is 0 Å². The summed E-state index contributed by atoms with van der Waals surface area (Å²) in [5.74, 6) is 0.446. The number of carbonyl (C=O) groups excluding carboxylic acids is 1. The van der Waals surface area contributed by atoms with E-state index in [-0.39, 0.29) is 11.7 Å². The van der Waals surface area contributed by atoms with Gasteiger partial charge in [0.05, 0.1) is 6.42 Å². The molecular formula is C28H24FNO2. The summed E-state index contributed by atoms with van der Waals surface area (Å²) in [6, 6.07) is 32.1. The molecule has 0 saturated heterocycles. The molecule has 0 radical (unpaired) electrons. The van der Waals surface area contributed by atoms with Crippen LogP contribution in [0.3, 0.4) is 0 Å². The van der Waals surface area contributed by atoms with Crippen molar-refractivity contribution in [2.24, 2.45) is 0 Å². The normalized spacial score (nSPS) is 10.5. The topological polar surface area (TPSA) is 38.3 Å². The number of ether oxygens (including phenoxy) is 1. The lowest BCUT2D eigenvalue weighted by atomic mass is 10.0. The number of rotatable bonds is 8. The van der Waals surface area contributed by atoms with Gasteiger partial charge in [0.2, 0.25) is 5.91 Å². The largest absolute Gasteiger partial charge is 0.489 e. The summed E-state index contributed by atoms with van der Waals surface area (Å²) in [7, 11) is 0. The monoisotopic (exact) mass is 425 g/mol. The number of benzene rings is 4. The Bertz CT molecular complexity index is 1140. The van der Waals surface area contributed by atoms with Crippen LogP contribution in [-0.2, 0) is 24.4 Å². The van der Waals surface area contributed by atoms with Crippen LogP contribution >= 0.6 is 0 Å². The summed E-state index contributed by atoms with van der Waals surface area (Å²) >= 11 is 0. The van der Waals surface area contributed by atoms with Crippen LogP contribution in [0, 0.1) is 5.82 Å². The lowest BCUT2D eigenvalue weighted by molar-refractivity contribution is -0.120. The molecule has 0 bridgehead atoms. The molecule has 0 heterocycles. The van der Waals surface area contributed by atoms with Crippen LogP contribution in [0.4, 0.5) is 4.39 Å². The van der Waals surface area contributed by atoms with Gasteiger partial charge in [-0.1, -0.05) is 78.9 Å². The van der Waals surface area contributed by atoms with E-state index < -0.39 is 0 Å². The third-order valence-corrected chi connectivity index (χ3v) is 5.16. The van der Waals surface area contributed by atoms with Crippen molar-refractivity contribution in [2.75, 3.05) is 0 Å². The predicted octanol–water partition coefficient (Wildman–Crippen LogP) is 5.93. The first kappa shape index (κ1) is 21.3. The molecule has 0 saturated carbocycles. The molecule has 0 aromatic heterocycles. The maximum absolute atomic E-state index is 13.0. The lowest BCUT2D eigenvalue weighted by Gasteiger charge is -2.09. The van der Waals surface area contributed by atoms with Crippen LogP contribution in [0.1, 0.15) is 16.7 Å². The van der Waals surface area contributed by atoms with Crippen molar-refractivity contribution >= 4 is 5.91 Å². The highest BCUT2D eigenvalue weighted by Crippen LogP contribution is 2.19. The summed E-state index contributed by atoms with van der Waals surface area (Å²) in [6.45, 7) is 0.832. The third kappa shape index (κ3) is 6.05. The van der Waals surface area contributed by atoms with Crippen molar-refractivity contribution in [2.45, 2.75) is 19.6 Å². The summed E-state index contributed by atoms with van der Waals surface area (Å²) in [5, 5.41) is 2.96. The van der Waals surface area contributed by atoms with Gasteiger partial charge in [0.1, 0.15) is 18.2 Å². The van der Waals surface area contributed by atoms with E-state index in [1.54, 1.807) is 12.1 Å². The molecule has 0 aliphatic rings. The maximum atomic E-state index is 13.0. The third-order valence-electron chi connectivity index (χ3n) is 5.16. The highest BCUT2D eigenvalue weighted by Gasteiger charge is 2.05. The second kappa shape index (κ2) is 10.4. The molecule has 4 rings (SSSR count). The fraction of sp³-hybridized carbons (Fsp3) is 0.107. The second-order valence-electron chi connectivity index (χ2n) is 7.58. The van der Waals surface area contributed by atoms with E-state index >= 15 is 0 Å². The molecule has 0 aliphatic heterocycles. The molecule has 4 heteroatoms. The second-order valence-corrected chi connectivity index (χ2v) is 7.58. The Balaban J connectivity index is 1.23. The van der Waals surface area contributed by atoms with Gasteiger partial charge in [-0.05, 0) is 52.1 Å². The summed E-state index contributed by atoms with van der Waals surface area (Å²) in [5.41, 5.74) is 5.17. The van der Waals surface area contributed by atoms with Gasteiger partial charge in [-0.25, -0.2) is 4.39 Å². The van der Waals surface area contributed by atoms with Crippen molar-refractivity contribution in [3.63, 3.8) is 0 Å². The highest BCUT2D eigenvalue weighted by molar-refractivity contribution is 5.78. The van der Waals surface area contributed by atoms with Gasteiger partial charge in [0.15, 0.2) is 0 Å². The summed E-state index contributed by atoms with van der Waals surface area (Å²) < 4.78 is 18.7. The molecule has 0 aliphatic carbocycles. The van der Waals surface area contributed by atoms with E-state index in [0.29, 0.717) is 19.6 Å². The molecule has 0 spiro atoms. The lowest BCUT2D eigenvalue weighted by Crippen LogP contribution is -2.24. The Morgan fingerprint density at radius 3 is 1.97 bits per heavy atom. The van der Waals surface area contributed by atoms with E-state index in [0.717, 1.165) is 33.6 Å². The molecule has 160 valence electrons. The Hall–Kier alpha value is -3.92. The van der Waals surface area contributed by atoms with E-state index in [1.165, 1.54) is 12.1 Å². The molecule has 1 N–H and O–H groups in total. The highest BCUT2D eigenvalue weighted by atomic mass is 19.1. The molecule has 4 aromatic carbocycles. The number of halogens is 1. The van der Waals surface area contributed by atoms with Crippen molar-refractivity contribution in [1.29, 1.82) is 0 Å². The van der Waals surface area contributed by atoms with Crippen LogP contribution < -0.4 is 10.1 Å². The standard InChI is InChI=1S/C28H24FNO2/c29-26-14-8-23(9-15-26)20-32-27-16-10-22(11-17-27)19-30-28(31)18-21-6-12-25(13-7-21)24-4-2-1-3-5-24/h1-17H,18-20H2,(H,30,31). The fourth-order valence-corrected chi connectivity index (χ4v) is 3.35. The molecule has 0 unspecified atom stereocenters. The van der Waals surface area contributed by atoms with E-state index in [9.17, 15) is 9.18 Å². The number of carbonyl (C=O) groups is 1. The minimum absolute atomic E-state index is 0.0194. The Labute approximate surface area is 187 Å². The molecular weight excluding hydrogens is 401 g/mol. The van der Waals surface area contributed by atoms with Crippen molar-refractivity contribution in [1.82, 2.24) is 5.32 Å². The SMILES string of the molecule is O=C(Cc1ccc(-c2ccccc2)cc1)NCc1ccc(OCc2ccc(F)cc2)cc1. The van der Waals surface area contributed by atoms with Crippen LogP contribution in [0.15, 0.2) is 103 Å². The van der Waals surface area contributed by atoms with E-state index in [4.69, 9.17) is 4.74 Å². The Kier molecular flexibility index (Phi) is 6.93. The molecule has 32 heavy (non-hydrogen) atoms. The van der Waals surface area contributed by atoms with Crippen molar-refractivity contribution < 1.29 is 13.9 Å². The molecule has 3 nitrogen and oxygen atoms in total. The van der Waals surface area contributed by atoms with Crippen LogP contribution in [0.5, 0.6) is 5.75 Å². The number of nitrogens with one attached hydrogen (secondary N) is 1. The van der Waals surface area contributed by atoms with Gasteiger partial charge in [-0.2, -0.15) is 0 Å². The first-order valence-corrected chi connectivity index (χ1v) is 10.5. The van der Waals surface area contributed by atoms with Crippen LogP contribution in [0.2, 0.25) is 0 Å². The first-order chi connectivity index (χ1) is 15.7. The molecule has 1 amide bonds. The van der Waals surface area contributed by atoms with Gasteiger partial charge in [0, 0.05) is 6.54 Å². The van der Waals surface area contributed by atoms with Crippen molar-refractivity contribution in [3.8, 4) is 16.9 Å². The smallest absolute Gasteiger partial charge is 0.224 e. The van der Waals surface area contributed by atoms with E-state index in [2.05, 4.69) is 17.4 Å². The number of amides is 1. The molecule has 4 aromatic rings. The average molecular weight is 426 g/mol. The Morgan fingerprint density at radius 2 is 1.28 bits per heavy atom. The van der Waals surface area contributed by atoms with Crippen LogP contribution in [0.25, 0.3) is 11.1 Å². The Morgan fingerprint density at radius 1 is 0.688 bits per heavy atom. The first-order valence-electron chi connectivity index (χ1n) is 10.5. The van der Waals surface area contributed by atoms with Gasteiger partial charge in [-0.3, -0.25) is 4.79 Å². The minimum Gasteiger partial charge on any atom is -0.489 e. The maximum Gasteiger partial charge on any atom is 0.224 e. The zero-order chi connectivity index (χ0) is 22.2. The molecule has 0 fully saturated rings. The predicted molar refractivity (Wildman–Crippen MR) is 125 cm³/mol. The quantitative estimate of drug-likeness (QED) is 0.380. The molecule has 0 atom stereocenters. The van der Waals surface area contributed by atoms with Crippen molar-refractivity contribution in [3.05, 3.63) is 126 Å². The summed E-state index contributed by atoms with van der Waals surface area (Å²) in [6.07, 6.45) is 0.341. The zero-order valence-corrected chi connectivity index (χ0v) is 17.6. The van der Waals surface area contributed by atoms with E-state index in [1.807, 2.05) is 66.7 Å². The average Bonchev–Trinajstić information content (AvgIpc) is 2.84. The minimum atomic E-state index is -0.260. The number of hydrogen-bond donors (Lipinski definition) is 1. The fourth-order valence-electron chi connectivity index (χ4n) is 3.35. The van der Waals surface area contributed by atoms with Gasteiger partial charge in [0.25, 0.3) is 0 Å². The van der Waals surface area contributed by atoms with Gasteiger partial charge < -0.3 is 10.1 Å². The zero-order valence-electron chi connectivity index (χ0n) is 17.6. The number of hydrogen-bond acceptors (Lipinski definition) is 2. The summed E-state index contributed by atoms with van der Waals surface area (Å²) in [4.78, 5) is 12.3. The van der Waals surface area contributed by atoms with Crippen LogP contribution in [-0.4, -0.2) is 5.91 Å². The van der Waals surface area contributed by atoms with Gasteiger partial charge in [-0.15, -0.1) is 0 Å².